The van der Waals surface area contributed by atoms with Gasteiger partial charge in [-0.2, -0.15) is 0 Å². The SMILES string of the molecule is O=P(O)(O)OC[C@H]1OC(O)[C@H](OP(=O)(O)O)[C@@H]1O. The molecular formula is C5H12O11P2. The fraction of sp³-hybridized carbons (Fsp3) is 1.00. The Labute approximate surface area is 100 Å². The highest BCUT2D eigenvalue weighted by Crippen LogP contribution is 2.42. The van der Waals surface area contributed by atoms with Crippen LogP contribution in [0.2, 0.25) is 0 Å². The van der Waals surface area contributed by atoms with Crippen molar-refractivity contribution in [3.8, 4) is 0 Å². The van der Waals surface area contributed by atoms with E-state index in [9.17, 15) is 19.3 Å². The predicted octanol–water partition coefficient (Wildman–Crippen LogP) is -2.35. The van der Waals surface area contributed by atoms with Gasteiger partial charge in [-0.3, -0.25) is 9.05 Å². The molecule has 4 atom stereocenters. The number of ether oxygens (including phenoxy) is 1. The number of hydrogen-bond acceptors (Lipinski definition) is 7. The van der Waals surface area contributed by atoms with Crippen LogP contribution >= 0.6 is 15.6 Å². The van der Waals surface area contributed by atoms with E-state index in [4.69, 9.17) is 19.6 Å². The number of rotatable bonds is 5. The molecule has 0 aromatic carbocycles. The van der Waals surface area contributed by atoms with E-state index in [0.29, 0.717) is 0 Å². The van der Waals surface area contributed by atoms with E-state index in [0.717, 1.165) is 0 Å². The molecule has 0 aromatic rings. The predicted molar refractivity (Wildman–Crippen MR) is 51.8 cm³/mol. The smallest absolute Gasteiger partial charge is 0.387 e. The standard InChI is InChI=1S/C5H12O11P2/c6-3-2(1-14-17(8,9)10)15-5(7)4(3)16-18(11,12)13/h2-7H,1H2,(H2,8,9,10)(H2,11,12,13)/t2-,3-,4-,5?/m1/s1. The molecule has 0 saturated carbocycles. The fourth-order valence-electron chi connectivity index (χ4n) is 1.30. The average Bonchev–Trinajstić information content (AvgIpc) is 2.39. The van der Waals surface area contributed by atoms with E-state index in [-0.39, 0.29) is 0 Å². The Morgan fingerprint density at radius 3 is 2.06 bits per heavy atom. The Kier molecular flexibility index (Phi) is 5.04. The molecule has 18 heavy (non-hydrogen) atoms. The second-order valence-electron chi connectivity index (χ2n) is 3.40. The van der Waals surface area contributed by atoms with Gasteiger partial charge in [0.1, 0.15) is 18.3 Å². The van der Waals surface area contributed by atoms with Gasteiger partial charge in [0.05, 0.1) is 6.61 Å². The highest BCUT2D eigenvalue weighted by atomic mass is 31.2. The van der Waals surface area contributed by atoms with E-state index >= 15 is 0 Å². The van der Waals surface area contributed by atoms with Gasteiger partial charge in [-0.25, -0.2) is 9.13 Å². The third-order valence-corrected chi connectivity index (χ3v) is 2.98. The van der Waals surface area contributed by atoms with Crippen LogP contribution in [-0.2, 0) is 22.9 Å². The van der Waals surface area contributed by atoms with Gasteiger partial charge in [0.15, 0.2) is 6.29 Å². The molecule has 13 heteroatoms. The Morgan fingerprint density at radius 2 is 1.61 bits per heavy atom. The molecule has 108 valence electrons. The minimum absolute atomic E-state index is 0.788. The minimum atomic E-state index is -4.96. The van der Waals surface area contributed by atoms with E-state index in [1.807, 2.05) is 0 Å². The van der Waals surface area contributed by atoms with E-state index in [2.05, 4.69) is 13.8 Å². The molecule has 0 aliphatic carbocycles. The molecule has 1 aliphatic rings. The van der Waals surface area contributed by atoms with E-state index < -0.39 is 46.9 Å². The van der Waals surface area contributed by atoms with E-state index in [1.54, 1.807) is 0 Å². The highest BCUT2D eigenvalue weighted by Gasteiger charge is 2.47. The second-order valence-corrected chi connectivity index (χ2v) is 5.83. The molecule has 0 radical (unpaired) electrons. The molecular weight excluding hydrogens is 298 g/mol. The normalized spacial score (nSPS) is 33.9. The third-order valence-electron chi connectivity index (χ3n) is 1.98. The van der Waals surface area contributed by atoms with Crippen molar-refractivity contribution in [3.63, 3.8) is 0 Å². The van der Waals surface area contributed by atoms with E-state index in [1.165, 1.54) is 0 Å². The van der Waals surface area contributed by atoms with Gasteiger partial charge >= 0.3 is 15.6 Å². The maximum atomic E-state index is 10.5. The van der Waals surface area contributed by atoms with Gasteiger partial charge in [-0.1, -0.05) is 0 Å². The summed E-state index contributed by atoms with van der Waals surface area (Å²) < 4.78 is 33.6. The van der Waals surface area contributed by atoms with Crippen molar-refractivity contribution in [1.29, 1.82) is 0 Å². The quantitative estimate of drug-likeness (QED) is 0.299. The van der Waals surface area contributed by atoms with Gasteiger partial charge in [-0.15, -0.1) is 0 Å². The lowest BCUT2D eigenvalue weighted by molar-refractivity contribution is -0.130. The lowest BCUT2D eigenvalue weighted by atomic mass is 10.1. The number of phosphoric acid groups is 2. The van der Waals surface area contributed by atoms with Crippen molar-refractivity contribution < 1.29 is 52.7 Å². The van der Waals surface area contributed by atoms with Crippen LogP contribution < -0.4 is 0 Å². The van der Waals surface area contributed by atoms with Crippen LogP contribution in [0.15, 0.2) is 0 Å². The van der Waals surface area contributed by atoms with Crippen molar-refractivity contribution in [3.05, 3.63) is 0 Å². The molecule has 1 rings (SSSR count). The Morgan fingerprint density at radius 1 is 1.06 bits per heavy atom. The number of phosphoric ester groups is 2. The number of hydrogen-bond donors (Lipinski definition) is 6. The molecule has 1 fully saturated rings. The van der Waals surface area contributed by atoms with Gasteiger partial charge in [-0.05, 0) is 0 Å². The minimum Gasteiger partial charge on any atom is -0.387 e. The Bertz CT molecular complexity index is 372. The van der Waals surface area contributed by atoms with Crippen LogP contribution in [0.1, 0.15) is 0 Å². The summed E-state index contributed by atoms with van der Waals surface area (Å²) in [5.41, 5.74) is 0. The van der Waals surface area contributed by atoms with Crippen molar-refractivity contribution in [2.45, 2.75) is 24.6 Å². The summed E-state index contributed by atoms with van der Waals surface area (Å²) in [4.78, 5) is 33.9. The van der Waals surface area contributed by atoms with Crippen LogP contribution in [0.25, 0.3) is 0 Å². The van der Waals surface area contributed by atoms with Gasteiger partial charge in [0.25, 0.3) is 0 Å². The van der Waals surface area contributed by atoms with Crippen LogP contribution in [0.3, 0.4) is 0 Å². The zero-order valence-corrected chi connectivity index (χ0v) is 10.4. The van der Waals surface area contributed by atoms with Crippen molar-refractivity contribution in [2.75, 3.05) is 6.61 Å². The fourth-order valence-corrected chi connectivity index (χ4v) is 2.19. The first-order valence-corrected chi connectivity index (χ1v) is 7.51. The Balaban J connectivity index is 2.61. The molecule has 11 nitrogen and oxygen atoms in total. The molecule has 0 amide bonds. The highest BCUT2D eigenvalue weighted by molar-refractivity contribution is 7.46. The van der Waals surface area contributed by atoms with Gasteiger partial charge < -0.3 is 34.5 Å². The summed E-state index contributed by atoms with van der Waals surface area (Å²) in [6.07, 6.45) is -6.74. The zero-order chi connectivity index (χ0) is 14.1. The summed E-state index contributed by atoms with van der Waals surface area (Å²) in [7, 11) is -9.75. The summed E-state index contributed by atoms with van der Waals surface area (Å²) in [5.74, 6) is 0. The summed E-state index contributed by atoms with van der Waals surface area (Å²) in [6.45, 7) is -0.788. The molecule has 1 heterocycles. The maximum absolute atomic E-state index is 10.5. The maximum Gasteiger partial charge on any atom is 0.470 e. The van der Waals surface area contributed by atoms with Crippen LogP contribution in [0.5, 0.6) is 0 Å². The van der Waals surface area contributed by atoms with Crippen LogP contribution in [-0.4, -0.2) is 61.0 Å². The zero-order valence-electron chi connectivity index (χ0n) is 8.64. The summed E-state index contributed by atoms with van der Waals surface area (Å²) >= 11 is 0. The molecule has 1 aliphatic heterocycles. The molecule has 0 aromatic heterocycles. The van der Waals surface area contributed by atoms with Crippen molar-refractivity contribution in [2.24, 2.45) is 0 Å². The monoisotopic (exact) mass is 310 g/mol. The first-order valence-electron chi connectivity index (χ1n) is 4.45. The topological polar surface area (TPSA) is 183 Å². The third kappa shape index (κ3) is 5.00. The first kappa shape index (κ1) is 16.2. The van der Waals surface area contributed by atoms with Crippen molar-refractivity contribution >= 4 is 15.6 Å². The first-order chi connectivity index (χ1) is 7.99. The molecule has 1 saturated heterocycles. The lowest BCUT2D eigenvalue weighted by Gasteiger charge is -2.18. The second kappa shape index (κ2) is 5.61. The van der Waals surface area contributed by atoms with Crippen LogP contribution in [0.4, 0.5) is 0 Å². The molecule has 1 unspecified atom stereocenters. The molecule has 6 N–H and O–H groups in total. The lowest BCUT2D eigenvalue weighted by Crippen LogP contribution is -2.35. The number of aliphatic hydroxyl groups is 2. The molecule has 0 bridgehead atoms. The van der Waals surface area contributed by atoms with Crippen molar-refractivity contribution in [1.82, 2.24) is 0 Å². The number of aliphatic hydroxyl groups excluding tert-OH is 2. The van der Waals surface area contributed by atoms with Crippen LogP contribution in [0, 0.1) is 0 Å². The molecule has 0 spiro atoms. The average molecular weight is 310 g/mol. The summed E-state index contributed by atoms with van der Waals surface area (Å²) in [6, 6.07) is 0. The largest absolute Gasteiger partial charge is 0.470 e. The summed E-state index contributed by atoms with van der Waals surface area (Å²) in [5, 5.41) is 18.7. The van der Waals surface area contributed by atoms with Gasteiger partial charge in [0, 0.05) is 0 Å². The Hall–Kier alpha value is 0.1000. The van der Waals surface area contributed by atoms with Gasteiger partial charge in [0.2, 0.25) is 0 Å².